The number of ether oxygens (including phenoxy) is 3. The summed E-state index contributed by atoms with van der Waals surface area (Å²) in [5.41, 5.74) is 4.29. The number of anilines is 1. The van der Waals surface area contributed by atoms with Crippen molar-refractivity contribution in [2.75, 3.05) is 24.8 Å². The summed E-state index contributed by atoms with van der Waals surface area (Å²) in [7, 11) is 1.61. The summed E-state index contributed by atoms with van der Waals surface area (Å²) in [5, 5.41) is 8.72. The Hall–Kier alpha value is -3.46. The van der Waals surface area contributed by atoms with Gasteiger partial charge in [0.2, 0.25) is 11.1 Å². The van der Waals surface area contributed by atoms with Gasteiger partial charge in [-0.25, -0.2) is 9.48 Å². The molecule has 1 aliphatic heterocycles. The maximum Gasteiger partial charge on any atom is 0.338 e. The Balaban J connectivity index is 1.69. The molecule has 0 saturated heterocycles. The van der Waals surface area contributed by atoms with Gasteiger partial charge in [-0.05, 0) is 55.5 Å². The maximum atomic E-state index is 13.2. The van der Waals surface area contributed by atoms with E-state index in [1.165, 1.54) is 5.56 Å². The Morgan fingerprint density at radius 2 is 1.92 bits per heavy atom. The molecule has 2 aromatic carbocycles. The van der Waals surface area contributed by atoms with E-state index in [-0.39, 0.29) is 5.97 Å². The molecule has 1 aromatic heterocycles. The summed E-state index contributed by atoms with van der Waals surface area (Å²) in [6.45, 7) is 8.84. The molecule has 3 aromatic rings. The zero-order valence-electron chi connectivity index (χ0n) is 22.7. The highest BCUT2D eigenvalue weighted by Gasteiger charge is 2.35. The number of aromatic nitrogens is 3. The average Bonchev–Trinajstić information content (AvgIpc) is 3.32. The molecule has 2 heterocycles. The van der Waals surface area contributed by atoms with Gasteiger partial charge in [0.1, 0.15) is 12.6 Å². The number of thioether (sulfide) groups is 1. The number of fused-ring (bicyclic) bond motifs is 1. The number of esters is 1. The number of benzene rings is 2. The minimum absolute atomic E-state index is 0.347. The molecule has 0 aliphatic carbocycles. The number of nitrogens with zero attached hydrogens (tertiary/aromatic N) is 3. The van der Waals surface area contributed by atoms with Crippen LogP contribution >= 0.6 is 11.8 Å². The first-order valence-corrected chi connectivity index (χ1v) is 14.0. The van der Waals surface area contributed by atoms with Crippen LogP contribution in [0.3, 0.4) is 0 Å². The third kappa shape index (κ3) is 6.15. The molecule has 0 saturated carbocycles. The highest BCUT2D eigenvalue weighted by Crippen LogP contribution is 2.40. The largest absolute Gasteiger partial charge is 0.493 e. The predicted molar refractivity (Wildman–Crippen MR) is 150 cm³/mol. The molecule has 0 spiro atoms. The van der Waals surface area contributed by atoms with Crippen molar-refractivity contribution in [2.24, 2.45) is 0 Å². The first-order chi connectivity index (χ1) is 18.5. The van der Waals surface area contributed by atoms with Gasteiger partial charge in [-0.2, -0.15) is 4.98 Å². The van der Waals surface area contributed by atoms with Gasteiger partial charge in [0.15, 0.2) is 11.5 Å². The van der Waals surface area contributed by atoms with Crippen molar-refractivity contribution < 1.29 is 19.0 Å². The Bertz CT molecular complexity index is 1300. The second-order valence-electron chi connectivity index (χ2n) is 9.19. The summed E-state index contributed by atoms with van der Waals surface area (Å²) in [6.07, 6.45) is 2.93. The van der Waals surface area contributed by atoms with Crippen molar-refractivity contribution in [1.29, 1.82) is 0 Å². The van der Waals surface area contributed by atoms with E-state index >= 15 is 0 Å². The molecule has 1 N–H and O–H groups in total. The lowest BCUT2D eigenvalue weighted by Gasteiger charge is -2.28. The van der Waals surface area contributed by atoms with Crippen molar-refractivity contribution in [1.82, 2.24) is 14.8 Å². The lowest BCUT2D eigenvalue weighted by Crippen LogP contribution is -2.29. The zero-order chi connectivity index (χ0) is 27.1. The molecule has 0 amide bonds. The molecule has 1 aliphatic rings. The van der Waals surface area contributed by atoms with E-state index in [2.05, 4.69) is 31.3 Å². The van der Waals surface area contributed by atoms with Crippen LogP contribution in [0.4, 0.5) is 5.95 Å². The second kappa shape index (κ2) is 12.9. The normalized spacial score (nSPS) is 14.6. The highest BCUT2D eigenvalue weighted by atomic mass is 32.2. The van der Waals surface area contributed by atoms with Gasteiger partial charge in [-0.15, -0.1) is 5.10 Å². The van der Waals surface area contributed by atoms with Crippen molar-refractivity contribution in [3.05, 3.63) is 70.4 Å². The molecular formula is C29H36N4O4S. The monoisotopic (exact) mass is 536 g/mol. The lowest BCUT2D eigenvalue weighted by molar-refractivity contribution is -0.139. The number of aryl methyl sites for hydroxylation is 1. The fourth-order valence-electron chi connectivity index (χ4n) is 4.25. The zero-order valence-corrected chi connectivity index (χ0v) is 23.6. The van der Waals surface area contributed by atoms with Crippen LogP contribution in [0.1, 0.15) is 62.8 Å². The number of carbonyl (C=O) groups excluding carboxylic acids is 1. The smallest absolute Gasteiger partial charge is 0.338 e. The molecule has 9 heteroatoms. The van der Waals surface area contributed by atoms with Gasteiger partial charge >= 0.3 is 5.97 Å². The highest BCUT2D eigenvalue weighted by molar-refractivity contribution is 7.99. The molecule has 4 rings (SSSR count). The number of hydrogen-bond donors (Lipinski definition) is 1. The van der Waals surface area contributed by atoms with Crippen molar-refractivity contribution in [2.45, 2.75) is 64.8 Å². The number of hydrogen-bond acceptors (Lipinski definition) is 8. The molecule has 0 bridgehead atoms. The van der Waals surface area contributed by atoms with Crippen LogP contribution in [0.2, 0.25) is 0 Å². The number of rotatable bonds is 12. The summed E-state index contributed by atoms with van der Waals surface area (Å²) in [4.78, 5) is 17.9. The van der Waals surface area contributed by atoms with Crippen LogP contribution in [0, 0.1) is 6.92 Å². The summed E-state index contributed by atoms with van der Waals surface area (Å²) in [5.74, 6) is 2.36. The topological polar surface area (TPSA) is 87.5 Å². The Labute approximate surface area is 228 Å². The van der Waals surface area contributed by atoms with E-state index in [4.69, 9.17) is 24.3 Å². The number of methoxy groups -OCH3 is 1. The molecular weight excluding hydrogens is 500 g/mol. The van der Waals surface area contributed by atoms with E-state index in [1.807, 2.05) is 44.2 Å². The minimum atomic E-state index is -0.525. The van der Waals surface area contributed by atoms with Crippen molar-refractivity contribution in [3.63, 3.8) is 0 Å². The Kier molecular flexibility index (Phi) is 9.33. The lowest BCUT2D eigenvalue weighted by atomic mass is 9.95. The third-order valence-corrected chi connectivity index (χ3v) is 7.29. The third-order valence-electron chi connectivity index (χ3n) is 6.37. The second-order valence-corrected chi connectivity index (χ2v) is 10.3. The van der Waals surface area contributed by atoms with Crippen LogP contribution in [-0.4, -0.2) is 40.2 Å². The number of carbonyl (C=O) groups is 1. The maximum absolute atomic E-state index is 13.2. The summed E-state index contributed by atoms with van der Waals surface area (Å²) in [6, 6.07) is 13.3. The van der Waals surface area contributed by atoms with Gasteiger partial charge in [0.05, 0.1) is 19.3 Å². The molecule has 0 fully saturated rings. The standard InChI is InChI=1S/C29H36N4O4S/c1-6-8-16-38-29-31-28-30-20(4)25(27(34)36-15-7-2)26(33(28)32-29)21-13-14-23(24(17-21)35-5)37-18-22-12-10-9-11-19(22)3/h9-14,17,26H,6-8,15-16,18H2,1-5H3,(H,30,31,32). The van der Waals surface area contributed by atoms with E-state index in [0.717, 1.165) is 36.1 Å². The fraction of sp³-hybridized carbons (Fsp3) is 0.414. The number of unbranched alkanes of at least 4 members (excludes halogenated alkanes) is 1. The quantitative estimate of drug-likeness (QED) is 0.164. The van der Waals surface area contributed by atoms with Gasteiger partial charge in [0, 0.05) is 11.4 Å². The summed E-state index contributed by atoms with van der Waals surface area (Å²) < 4.78 is 19.2. The fourth-order valence-corrected chi connectivity index (χ4v) is 5.16. The minimum Gasteiger partial charge on any atom is -0.493 e. The van der Waals surface area contributed by atoms with Crippen LogP contribution in [0.5, 0.6) is 11.5 Å². The molecule has 1 atom stereocenters. The van der Waals surface area contributed by atoms with E-state index < -0.39 is 6.04 Å². The average molecular weight is 537 g/mol. The Morgan fingerprint density at radius 1 is 1.11 bits per heavy atom. The van der Waals surface area contributed by atoms with Crippen LogP contribution in [0.25, 0.3) is 0 Å². The molecule has 8 nitrogen and oxygen atoms in total. The van der Waals surface area contributed by atoms with E-state index in [9.17, 15) is 4.79 Å². The van der Waals surface area contributed by atoms with Gasteiger partial charge in [-0.1, -0.05) is 62.4 Å². The van der Waals surface area contributed by atoms with Crippen molar-refractivity contribution >= 4 is 23.7 Å². The van der Waals surface area contributed by atoms with E-state index in [0.29, 0.717) is 47.1 Å². The molecule has 0 radical (unpaired) electrons. The van der Waals surface area contributed by atoms with Crippen LogP contribution in [0.15, 0.2) is 58.9 Å². The van der Waals surface area contributed by atoms with Gasteiger partial charge in [-0.3, -0.25) is 0 Å². The van der Waals surface area contributed by atoms with Crippen LogP contribution in [-0.2, 0) is 16.1 Å². The van der Waals surface area contributed by atoms with Gasteiger partial charge < -0.3 is 19.5 Å². The molecule has 1 unspecified atom stereocenters. The van der Waals surface area contributed by atoms with Gasteiger partial charge in [0.25, 0.3) is 0 Å². The molecule has 202 valence electrons. The van der Waals surface area contributed by atoms with E-state index in [1.54, 1.807) is 23.6 Å². The SMILES string of the molecule is CCCCSc1nc2n(n1)C(c1ccc(OCc3ccccc3C)c(OC)c1)C(C(=O)OCCC)=C(C)N2. The predicted octanol–water partition coefficient (Wildman–Crippen LogP) is 6.31. The Morgan fingerprint density at radius 3 is 2.66 bits per heavy atom. The van der Waals surface area contributed by atoms with Crippen molar-refractivity contribution in [3.8, 4) is 11.5 Å². The number of allylic oxidation sites excluding steroid dienone is 1. The first kappa shape index (κ1) is 27.6. The summed E-state index contributed by atoms with van der Waals surface area (Å²) >= 11 is 1.61. The number of nitrogens with one attached hydrogen (secondary N) is 1. The molecule has 38 heavy (non-hydrogen) atoms. The first-order valence-electron chi connectivity index (χ1n) is 13.1. The van der Waals surface area contributed by atoms with Crippen LogP contribution < -0.4 is 14.8 Å².